The molecule has 1 aromatic rings. The molecule has 0 saturated heterocycles. The maximum absolute atomic E-state index is 13.9. The highest BCUT2D eigenvalue weighted by molar-refractivity contribution is 8.13. The first-order valence-electron chi connectivity index (χ1n) is 4.62. The van der Waals surface area contributed by atoms with Crippen molar-refractivity contribution < 1.29 is 22.3 Å². The molecule has 0 aliphatic heterocycles. The molecule has 0 unspecified atom stereocenters. The van der Waals surface area contributed by atoms with Crippen LogP contribution in [0.25, 0.3) is 0 Å². The second-order valence-electron chi connectivity index (χ2n) is 3.42. The van der Waals surface area contributed by atoms with Gasteiger partial charge < -0.3 is 9.47 Å². The van der Waals surface area contributed by atoms with Gasteiger partial charge in [-0.25, -0.2) is 8.42 Å². The average molecular weight is 283 g/mol. The van der Waals surface area contributed by atoms with E-state index in [1.807, 2.05) is 0 Å². The van der Waals surface area contributed by atoms with E-state index in [-0.39, 0.29) is 17.1 Å². The van der Waals surface area contributed by atoms with E-state index in [4.69, 9.17) is 20.2 Å². The molecule has 0 aliphatic carbocycles. The Hall–Kier alpha value is -1.01. The van der Waals surface area contributed by atoms with E-state index in [0.717, 1.165) is 0 Å². The second kappa shape index (κ2) is 5.10. The van der Waals surface area contributed by atoms with Crippen molar-refractivity contribution in [2.75, 3.05) is 14.2 Å². The van der Waals surface area contributed by atoms with E-state index in [1.54, 1.807) is 6.92 Å². The SMILES string of the molecule is COc1c(C)cc(CS(=O)(=O)Cl)c(OC)c1F. The fourth-order valence-electron chi connectivity index (χ4n) is 1.57. The minimum Gasteiger partial charge on any atom is -0.493 e. The predicted molar refractivity (Wildman–Crippen MR) is 62.7 cm³/mol. The molecule has 0 aliphatic rings. The number of hydrogen-bond acceptors (Lipinski definition) is 4. The lowest BCUT2D eigenvalue weighted by molar-refractivity contribution is 0.346. The Morgan fingerprint density at radius 3 is 2.24 bits per heavy atom. The lowest BCUT2D eigenvalue weighted by Gasteiger charge is -2.13. The fraction of sp³-hybridized carbons (Fsp3) is 0.400. The summed E-state index contributed by atoms with van der Waals surface area (Å²) in [6.07, 6.45) is 0. The van der Waals surface area contributed by atoms with Gasteiger partial charge in [0.05, 0.1) is 20.0 Å². The molecule has 4 nitrogen and oxygen atoms in total. The molecule has 0 atom stereocenters. The van der Waals surface area contributed by atoms with E-state index < -0.39 is 20.6 Å². The summed E-state index contributed by atoms with van der Waals surface area (Å²) in [7, 11) is 3.93. The Labute approximate surface area is 104 Å². The van der Waals surface area contributed by atoms with E-state index in [9.17, 15) is 12.8 Å². The maximum atomic E-state index is 13.9. The van der Waals surface area contributed by atoms with Crippen LogP contribution in [0.4, 0.5) is 4.39 Å². The van der Waals surface area contributed by atoms with Crippen LogP contribution in [0.3, 0.4) is 0 Å². The predicted octanol–water partition coefficient (Wildman–Crippen LogP) is 2.22. The average Bonchev–Trinajstić information content (AvgIpc) is 2.15. The lowest BCUT2D eigenvalue weighted by atomic mass is 10.1. The van der Waals surface area contributed by atoms with Crippen molar-refractivity contribution in [3.8, 4) is 11.5 Å². The third-order valence-electron chi connectivity index (χ3n) is 2.18. The second-order valence-corrected chi connectivity index (χ2v) is 6.19. The first-order chi connectivity index (χ1) is 7.80. The van der Waals surface area contributed by atoms with Crippen LogP contribution in [0.2, 0.25) is 0 Å². The van der Waals surface area contributed by atoms with Crippen LogP contribution in [0.5, 0.6) is 11.5 Å². The summed E-state index contributed by atoms with van der Waals surface area (Å²) in [5.41, 5.74) is 0.638. The van der Waals surface area contributed by atoms with Gasteiger partial charge in [0, 0.05) is 16.2 Å². The minimum atomic E-state index is -3.78. The van der Waals surface area contributed by atoms with Crippen LogP contribution in [0.1, 0.15) is 11.1 Å². The van der Waals surface area contributed by atoms with Crippen molar-refractivity contribution >= 4 is 19.7 Å². The zero-order chi connectivity index (χ0) is 13.2. The van der Waals surface area contributed by atoms with Gasteiger partial charge in [-0.1, -0.05) is 0 Å². The Morgan fingerprint density at radius 2 is 1.82 bits per heavy atom. The molecule has 0 bridgehead atoms. The third kappa shape index (κ3) is 3.23. The Balaban J connectivity index is 3.42. The third-order valence-corrected chi connectivity index (χ3v) is 3.16. The van der Waals surface area contributed by atoms with Gasteiger partial charge in [-0.2, -0.15) is 4.39 Å². The molecule has 0 amide bonds. The standard InChI is InChI=1S/C10H12ClFO4S/c1-6-4-7(5-17(11,13)14)10(16-3)8(12)9(6)15-2/h4H,5H2,1-3H3. The van der Waals surface area contributed by atoms with Crippen molar-refractivity contribution in [2.24, 2.45) is 0 Å². The van der Waals surface area contributed by atoms with Gasteiger partial charge in [0.15, 0.2) is 11.5 Å². The van der Waals surface area contributed by atoms with Crippen LogP contribution in [-0.4, -0.2) is 22.6 Å². The normalized spacial score (nSPS) is 11.4. The summed E-state index contributed by atoms with van der Waals surface area (Å²) in [5, 5.41) is 0. The molecule has 1 rings (SSSR count). The van der Waals surface area contributed by atoms with Crippen molar-refractivity contribution in [1.82, 2.24) is 0 Å². The number of rotatable bonds is 4. The smallest absolute Gasteiger partial charge is 0.236 e. The molecule has 0 heterocycles. The Kier molecular flexibility index (Phi) is 4.21. The number of halogens is 2. The molecule has 17 heavy (non-hydrogen) atoms. The molecular weight excluding hydrogens is 271 g/mol. The van der Waals surface area contributed by atoms with E-state index >= 15 is 0 Å². The highest BCUT2D eigenvalue weighted by atomic mass is 35.7. The lowest BCUT2D eigenvalue weighted by Crippen LogP contribution is -2.04. The molecule has 0 radical (unpaired) electrons. The van der Waals surface area contributed by atoms with Gasteiger partial charge in [0.1, 0.15) is 0 Å². The largest absolute Gasteiger partial charge is 0.493 e. The van der Waals surface area contributed by atoms with Crippen molar-refractivity contribution in [1.29, 1.82) is 0 Å². The molecule has 0 saturated carbocycles. The number of benzene rings is 1. The Morgan fingerprint density at radius 1 is 1.29 bits per heavy atom. The van der Waals surface area contributed by atoms with Gasteiger partial charge >= 0.3 is 0 Å². The summed E-state index contributed by atoms with van der Waals surface area (Å²) in [4.78, 5) is 0. The van der Waals surface area contributed by atoms with Gasteiger partial charge in [-0.3, -0.25) is 0 Å². The zero-order valence-electron chi connectivity index (χ0n) is 9.58. The zero-order valence-corrected chi connectivity index (χ0v) is 11.2. The topological polar surface area (TPSA) is 52.6 Å². The molecule has 96 valence electrons. The van der Waals surface area contributed by atoms with Crippen molar-refractivity contribution in [2.45, 2.75) is 12.7 Å². The Bertz CT molecular complexity index is 528. The molecule has 0 N–H and O–H groups in total. The number of ether oxygens (including phenoxy) is 2. The first-order valence-corrected chi connectivity index (χ1v) is 7.10. The van der Waals surface area contributed by atoms with Gasteiger partial charge in [-0.05, 0) is 18.6 Å². The summed E-state index contributed by atoms with van der Waals surface area (Å²) in [6, 6.07) is 1.47. The highest BCUT2D eigenvalue weighted by Crippen LogP contribution is 2.34. The highest BCUT2D eigenvalue weighted by Gasteiger charge is 2.21. The summed E-state index contributed by atoms with van der Waals surface area (Å²) >= 11 is 0. The van der Waals surface area contributed by atoms with Crippen LogP contribution >= 0.6 is 10.7 Å². The van der Waals surface area contributed by atoms with Crippen LogP contribution in [-0.2, 0) is 14.8 Å². The van der Waals surface area contributed by atoms with E-state index in [2.05, 4.69) is 0 Å². The van der Waals surface area contributed by atoms with Crippen LogP contribution in [0, 0.1) is 12.7 Å². The van der Waals surface area contributed by atoms with Crippen molar-refractivity contribution in [3.63, 3.8) is 0 Å². The van der Waals surface area contributed by atoms with Crippen LogP contribution < -0.4 is 9.47 Å². The quantitative estimate of drug-likeness (QED) is 0.795. The number of hydrogen-bond donors (Lipinski definition) is 0. The van der Waals surface area contributed by atoms with E-state index in [1.165, 1.54) is 20.3 Å². The summed E-state index contributed by atoms with van der Waals surface area (Å²) in [5.74, 6) is -1.38. The van der Waals surface area contributed by atoms with Gasteiger partial charge in [0.25, 0.3) is 0 Å². The first kappa shape index (κ1) is 14.1. The molecule has 1 aromatic carbocycles. The summed E-state index contributed by atoms with van der Waals surface area (Å²) in [6.45, 7) is 1.60. The number of methoxy groups -OCH3 is 2. The monoisotopic (exact) mass is 282 g/mol. The maximum Gasteiger partial charge on any atom is 0.236 e. The fourth-order valence-corrected chi connectivity index (χ4v) is 2.51. The van der Waals surface area contributed by atoms with Crippen molar-refractivity contribution in [3.05, 3.63) is 23.0 Å². The summed E-state index contributed by atoms with van der Waals surface area (Å²) < 4.78 is 45.6. The molecule has 0 aromatic heterocycles. The number of aryl methyl sites for hydroxylation is 1. The van der Waals surface area contributed by atoms with Gasteiger partial charge in [0.2, 0.25) is 14.9 Å². The van der Waals surface area contributed by atoms with Gasteiger partial charge in [-0.15, -0.1) is 0 Å². The molecular formula is C10H12ClFO4S. The molecule has 0 spiro atoms. The van der Waals surface area contributed by atoms with Crippen LogP contribution in [0.15, 0.2) is 6.07 Å². The molecule has 0 fully saturated rings. The minimum absolute atomic E-state index is 0.0255. The molecule has 7 heteroatoms. The van der Waals surface area contributed by atoms with E-state index in [0.29, 0.717) is 5.56 Å².